The lowest BCUT2D eigenvalue weighted by Gasteiger charge is -2.08. The Morgan fingerprint density at radius 3 is 2.64 bits per heavy atom. The van der Waals surface area contributed by atoms with Crippen LogP contribution in [0, 0.1) is 10.5 Å². The molecule has 114 valence electrons. The monoisotopic (exact) mass is 409 g/mol. The second-order valence-corrected chi connectivity index (χ2v) is 6.07. The van der Waals surface area contributed by atoms with Gasteiger partial charge in [-0.1, -0.05) is 30.3 Å². The van der Waals surface area contributed by atoms with Gasteiger partial charge < -0.3 is 10.1 Å². The van der Waals surface area contributed by atoms with Crippen molar-refractivity contribution in [2.45, 2.75) is 13.3 Å². The number of rotatable bonds is 5. The van der Waals surface area contributed by atoms with Crippen molar-refractivity contribution < 1.29 is 14.3 Å². The standard InChI is InChI=1S/C17H16INO3/c1-12-5-2-3-6-13(12)9-17(21)22-11-16(20)19-15-8-4-7-14(18)10-15/h2-8,10H,9,11H2,1H3,(H,19,20). The van der Waals surface area contributed by atoms with Gasteiger partial charge in [0.25, 0.3) is 5.91 Å². The Morgan fingerprint density at radius 1 is 1.14 bits per heavy atom. The van der Waals surface area contributed by atoms with Gasteiger partial charge in [0.1, 0.15) is 0 Å². The van der Waals surface area contributed by atoms with Crippen molar-refractivity contribution in [1.82, 2.24) is 0 Å². The molecule has 0 fully saturated rings. The summed E-state index contributed by atoms with van der Waals surface area (Å²) in [6, 6.07) is 15.0. The number of carbonyl (C=O) groups excluding carboxylic acids is 2. The second kappa shape index (κ2) is 7.93. The normalized spacial score (nSPS) is 10.1. The number of carbonyl (C=O) groups is 2. The van der Waals surface area contributed by atoms with Crippen LogP contribution >= 0.6 is 22.6 Å². The first-order chi connectivity index (χ1) is 10.5. The van der Waals surface area contributed by atoms with E-state index in [2.05, 4.69) is 27.9 Å². The first-order valence-corrected chi connectivity index (χ1v) is 7.88. The molecule has 0 radical (unpaired) electrons. The highest BCUT2D eigenvalue weighted by molar-refractivity contribution is 14.1. The number of halogens is 1. The van der Waals surface area contributed by atoms with E-state index in [1.54, 1.807) is 6.07 Å². The molecule has 0 bridgehead atoms. The number of esters is 1. The summed E-state index contributed by atoms with van der Waals surface area (Å²) in [5.41, 5.74) is 2.63. The SMILES string of the molecule is Cc1ccccc1CC(=O)OCC(=O)Nc1cccc(I)c1. The Kier molecular flexibility index (Phi) is 5.94. The van der Waals surface area contributed by atoms with Gasteiger partial charge in [-0.25, -0.2) is 0 Å². The molecule has 1 N–H and O–H groups in total. The van der Waals surface area contributed by atoms with Gasteiger partial charge in [0.05, 0.1) is 6.42 Å². The Labute approximate surface area is 143 Å². The highest BCUT2D eigenvalue weighted by atomic mass is 127. The fourth-order valence-electron chi connectivity index (χ4n) is 1.92. The van der Waals surface area contributed by atoms with Gasteiger partial charge in [0, 0.05) is 9.26 Å². The van der Waals surface area contributed by atoms with E-state index in [1.165, 1.54) is 0 Å². The molecule has 2 aromatic rings. The zero-order valence-electron chi connectivity index (χ0n) is 12.1. The van der Waals surface area contributed by atoms with Gasteiger partial charge in [-0.15, -0.1) is 0 Å². The summed E-state index contributed by atoms with van der Waals surface area (Å²) in [7, 11) is 0. The Balaban J connectivity index is 1.81. The molecule has 4 nitrogen and oxygen atoms in total. The maximum atomic E-state index is 11.8. The van der Waals surface area contributed by atoms with Crippen LogP contribution in [0.2, 0.25) is 0 Å². The summed E-state index contributed by atoms with van der Waals surface area (Å²) < 4.78 is 6.03. The molecular weight excluding hydrogens is 393 g/mol. The second-order valence-electron chi connectivity index (χ2n) is 4.82. The summed E-state index contributed by atoms with van der Waals surface area (Å²) in [5.74, 6) is -0.757. The minimum Gasteiger partial charge on any atom is -0.455 e. The molecule has 0 heterocycles. The van der Waals surface area contributed by atoms with Crippen LogP contribution < -0.4 is 5.32 Å². The topological polar surface area (TPSA) is 55.4 Å². The van der Waals surface area contributed by atoms with Gasteiger partial charge in [-0.3, -0.25) is 9.59 Å². The number of benzene rings is 2. The Morgan fingerprint density at radius 2 is 1.91 bits per heavy atom. The number of hydrogen-bond acceptors (Lipinski definition) is 3. The van der Waals surface area contributed by atoms with Crippen molar-refractivity contribution in [3.8, 4) is 0 Å². The van der Waals surface area contributed by atoms with E-state index < -0.39 is 5.97 Å². The molecule has 0 atom stereocenters. The number of anilines is 1. The van der Waals surface area contributed by atoms with Crippen molar-refractivity contribution in [3.05, 3.63) is 63.2 Å². The molecule has 5 heteroatoms. The minimum atomic E-state index is -0.410. The van der Waals surface area contributed by atoms with Gasteiger partial charge in [-0.2, -0.15) is 0 Å². The van der Waals surface area contributed by atoms with Crippen LogP contribution in [0.5, 0.6) is 0 Å². The Bertz CT molecular complexity index is 685. The van der Waals surface area contributed by atoms with Crippen molar-refractivity contribution in [3.63, 3.8) is 0 Å². The van der Waals surface area contributed by atoms with Gasteiger partial charge in [0.2, 0.25) is 0 Å². The van der Waals surface area contributed by atoms with Crippen molar-refractivity contribution in [2.24, 2.45) is 0 Å². The number of hydrogen-bond donors (Lipinski definition) is 1. The molecule has 0 spiro atoms. The molecule has 22 heavy (non-hydrogen) atoms. The summed E-state index contributed by atoms with van der Waals surface area (Å²) >= 11 is 2.16. The quantitative estimate of drug-likeness (QED) is 0.609. The van der Waals surface area contributed by atoms with Crippen LogP contribution in [-0.4, -0.2) is 18.5 Å². The highest BCUT2D eigenvalue weighted by Gasteiger charge is 2.10. The fraction of sp³-hybridized carbons (Fsp3) is 0.176. The molecule has 1 amide bonds. The zero-order valence-corrected chi connectivity index (χ0v) is 14.3. The Hall–Kier alpha value is -1.89. The van der Waals surface area contributed by atoms with E-state index in [-0.39, 0.29) is 18.9 Å². The third-order valence-corrected chi connectivity index (χ3v) is 3.74. The van der Waals surface area contributed by atoms with Crippen LogP contribution in [0.3, 0.4) is 0 Å². The predicted octanol–water partition coefficient (Wildman–Crippen LogP) is 3.32. The summed E-state index contributed by atoms with van der Waals surface area (Å²) in [6.07, 6.45) is 0.170. The van der Waals surface area contributed by atoms with Crippen molar-refractivity contribution >= 4 is 40.2 Å². The first kappa shape index (κ1) is 16.5. The van der Waals surface area contributed by atoms with Crippen LogP contribution in [0.4, 0.5) is 5.69 Å². The lowest BCUT2D eigenvalue weighted by Crippen LogP contribution is -2.21. The molecule has 2 rings (SSSR count). The molecule has 0 aliphatic heterocycles. The lowest BCUT2D eigenvalue weighted by atomic mass is 10.1. The largest absolute Gasteiger partial charge is 0.455 e. The van der Waals surface area contributed by atoms with E-state index in [0.717, 1.165) is 14.7 Å². The summed E-state index contributed by atoms with van der Waals surface area (Å²) in [4.78, 5) is 23.5. The highest BCUT2D eigenvalue weighted by Crippen LogP contribution is 2.12. The fourth-order valence-corrected chi connectivity index (χ4v) is 2.47. The van der Waals surface area contributed by atoms with Crippen LogP contribution in [0.25, 0.3) is 0 Å². The number of amides is 1. The smallest absolute Gasteiger partial charge is 0.310 e. The van der Waals surface area contributed by atoms with Gasteiger partial charge in [0.15, 0.2) is 6.61 Å². The van der Waals surface area contributed by atoms with E-state index in [1.807, 2.05) is 49.4 Å². The maximum Gasteiger partial charge on any atom is 0.310 e. The number of nitrogens with one attached hydrogen (secondary N) is 1. The summed E-state index contributed by atoms with van der Waals surface area (Å²) in [5, 5.41) is 2.69. The van der Waals surface area contributed by atoms with E-state index in [0.29, 0.717) is 5.69 Å². The van der Waals surface area contributed by atoms with Crippen molar-refractivity contribution in [1.29, 1.82) is 0 Å². The van der Waals surface area contributed by atoms with E-state index in [9.17, 15) is 9.59 Å². The van der Waals surface area contributed by atoms with E-state index >= 15 is 0 Å². The molecule has 0 aromatic heterocycles. The van der Waals surface area contributed by atoms with Crippen LogP contribution in [-0.2, 0) is 20.7 Å². The third-order valence-electron chi connectivity index (χ3n) is 3.07. The van der Waals surface area contributed by atoms with Gasteiger partial charge in [-0.05, 0) is 58.8 Å². The average molecular weight is 409 g/mol. The molecule has 0 saturated heterocycles. The number of aryl methyl sites for hydroxylation is 1. The minimum absolute atomic E-state index is 0.170. The predicted molar refractivity (Wildman–Crippen MR) is 93.6 cm³/mol. The molecule has 2 aromatic carbocycles. The van der Waals surface area contributed by atoms with E-state index in [4.69, 9.17) is 4.74 Å². The molecule has 0 aliphatic rings. The average Bonchev–Trinajstić information content (AvgIpc) is 2.48. The maximum absolute atomic E-state index is 11.8. The first-order valence-electron chi connectivity index (χ1n) is 6.80. The molecule has 0 aliphatic carbocycles. The zero-order chi connectivity index (χ0) is 15.9. The van der Waals surface area contributed by atoms with Crippen molar-refractivity contribution in [2.75, 3.05) is 11.9 Å². The third kappa shape index (κ3) is 5.14. The molecule has 0 unspecified atom stereocenters. The molecule has 0 saturated carbocycles. The van der Waals surface area contributed by atoms with Crippen LogP contribution in [0.1, 0.15) is 11.1 Å². The van der Waals surface area contributed by atoms with Gasteiger partial charge >= 0.3 is 5.97 Å². The molecular formula is C17H16INO3. The lowest BCUT2D eigenvalue weighted by molar-refractivity contribution is -0.146. The van der Waals surface area contributed by atoms with Crippen LogP contribution in [0.15, 0.2) is 48.5 Å². The number of ether oxygens (including phenoxy) is 1. The summed E-state index contributed by atoms with van der Waals surface area (Å²) in [6.45, 7) is 1.66.